The van der Waals surface area contributed by atoms with E-state index in [9.17, 15) is 4.79 Å². The number of halogens is 1. The molecule has 0 unspecified atom stereocenters. The third-order valence-corrected chi connectivity index (χ3v) is 4.32. The second kappa shape index (κ2) is 7.42. The Balaban J connectivity index is 1.89. The smallest absolute Gasteiger partial charge is 0.277 e. The Hall–Kier alpha value is -1.85. The summed E-state index contributed by atoms with van der Waals surface area (Å²) in [5.74, 6) is 0.406. The van der Waals surface area contributed by atoms with Gasteiger partial charge in [-0.2, -0.15) is 5.10 Å². The summed E-state index contributed by atoms with van der Waals surface area (Å²) in [6, 6.07) is 9.54. The molecule has 22 heavy (non-hydrogen) atoms. The zero-order valence-electron chi connectivity index (χ0n) is 12.6. The number of nitrogens with zero attached hydrogens (tertiary/aromatic N) is 1. The number of ether oxygens (including phenoxy) is 1. The lowest BCUT2D eigenvalue weighted by Gasteiger charge is -2.09. The van der Waals surface area contributed by atoms with E-state index in [-0.39, 0.29) is 12.5 Å². The monoisotopic (exact) mass is 336 g/mol. The van der Waals surface area contributed by atoms with Gasteiger partial charge in [0.05, 0.1) is 14.9 Å². The second-order valence-corrected chi connectivity index (χ2v) is 6.61. The van der Waals surface area contributed by atoms with E-state index in [2.05, 4.69) is 10.5 Å². The highest BCUT2D eigenvalue weighted by molar-refractivity contribution is 7.18. The van der Waals surface area contributed by atoms with Crippen LogP contribution < -0.4 is 10.2 Å². The molecular weight excluding hydrogens is 320 g/mol. The number of carbonyl (C=O) groups is 1. The van der Waals surface area contributed by atoms with Crippen molar-refractivity contribution in [2.24, 2.45) is 5.10 Å². The molecule has 2 aromatic rings. The van der Waals surface area contributed by atoms with E-state index in [0.717, 1.165) is 16.0 Å². The van der Waals surface area contributed by atoms with Crippen molar-refractivity contribution in [3.05, 3.63) is 50.7 Å². The van der Waals surface area contributed by atoms with E-state index in [4.69, 9.17) is 16.3 Å². The molecule has 6 heteroatoms. The highest BCUT2D eigenvalue weighted by Crippen LogP contribution is 2.22. The van der Waals surface area contributed by atoms with Gasteiger partial charge in [0, 0.05) is 0 Å². The molecule has 1 heterocycles. The minimum absolute atomic E-state index is 0.0771. The minimum atomic E-state index is -0.303. The Kier molecular flexibility index (Phi) is 5.57. The largest absolute Gasteiger partial charge is 0.483 e. The fourth-order valence-electron chi connectivity index (χ4n) is 1.75. The van der Waals surface area contributed by atoms with Crippen LogP contribution in [0.4, 0.5) is 0 Å². The molecule has 0 radical (unpaired) electrons. The fraction of sp³-hybridized carbons (Fsp3) is 0.250. The highest BCUT2D eigenvalue weighted by Gasteiger charge is 2.06. The van der Waals surface area contributed by atoms with Crippen molar-refractivity contribution in [1.29, 1.82) is 0 Å². The lowest BCUT2D eigenvalue weighted by Crippen LogP contribution is -2.25. The van der Waals surface area contributed by atoms with Crippen molar-refractivity contribution in [1.82, 2.24) is 5.43 Å². The average molecular weight is 337 g/mol. The number of aryl methyl sites for hydroxylation is 2. The van der Waals surface area contributed by atoms with Crippen LogP contribution >= 0.6 is 22.9 Å². The van der Waals surface area contributed by atoms with Gasteiger partial charge in [-0.25, -0.2) is 5.43 Å². The van der Waals surface area contributed by atoms with Gasteiger partial charge in [-0.1, -0.05) is 23.7 Å². The molecule has 1 aromatic heterocycles. The SMILES string of the molecule is C/C(=N/NC(=O)COc1cc(C)ccc1C)c1ccc(Cl)s1. The molecule has 0 atom stereocenters. The van der Waals surface area contributed by atoms with Crippen molar-refractivity contribution in [3.8, 4) is 5.75 Å². The van der Waals surface area contributed by atoms with E-state index >= 15 is 0 Å². The summed E-state index contributed by atoms with van der Waals surface area (Å²) in [7, 11) is 0. The van der Waals surface area contributed by atoms with Gasteiger partial charge in [0.1, 0.15) is 5.75 Å². The van der Waals surface area contributed by atoms with Gasteiger partial charge in [-0.05, 0) is 50.1 Å². The number of amides is 1. The Labute approximate surface area is 138 Å². The normalized spacial score (nSPS) is 11.4. The van der Waals surface area contributed by atoms with Crippen LogP contribution in [0.2, 0.25) is 4.34 Å². The third kappa shape index (κ3) is 4.58. The summed E-state index contributed by atoms with van der Waals surface area (Å²) in [5, 5.41) is 4.05. The van der Waals surface area contributed by atoms with Crippen LogP contribution in [0, 0.1) is 13.8 Å². The number of rotatable bonds is 5. The van der Waals surface area contributed by atoms with E-state index in [1.807, 2.05) is 45.0 Å². The molecule has 1 amide bonds. The van der Waals surface area contributed by atoms with Crippen LogP contribution in [-0.4, -0.2) is 18.2 Å². The lowest BCUT2D eigenvalue weighted by molar-refractivity contribution is -0.123. The van der Waals surface area contributed by atoms with E-state index in [1.165, 1.54) is 11.3 Å². The van der Waals surface area contributed by atoms with Gasteiger partial charge in [0.25, 0.3) is 5.91 Å². The number of nitrogens with one attached hydrogen (secondary N) is 1. The average Bonchev–Trinajstić information content (AvgIpc) is 2.92. The van der Waals surface area contributed by atoms with Gasteiger partial charge in [-0.15, -0.1) is 11.3 Å². The molecular formula is C16H17ClN2O2S. The summed E-state index contributed by atoms with van der Waals surface area (Å²) in [6.45, 7) is 5.65. The molecule has 116 valence electrons. The van der Waals surface area contributed by atoms with Crippen LogP contribution in [-0.2, 0) is 4.79 Å². The molecule has 0 fully saturated rings. The van der Waals surface area contributed by atoms with Crippen LogP contribution in [0.25, 0.3) is 0 Å². The highest BCUT2D eigenvalue weighted by atomic mass is 35.5. The predicted molar refractivity (Wildman–Crippen MR) is 91.1 cm³/mol. The fourth-order valence-corrected chi connectivity index (χ4v) is 2.74. The summed E-state index contributed by atoms with van der Waals surface area (Å²) >= 11 is 7.28. The molecule has 0 aliphatic heterocycles. The molecule has 1 N–H and O–H groups in total. The number of carbonyl (C=O) groups excluding carboxylic acids is 1. The first-order chi connectivity index (χ1) is 10.5. The molecule has 0 spiro atoms. The maximum absolute atomic E-state index is 11.8. The van der Waals surface area contributed by atoms with Crippen molar-refractivity contribution in [2.75, 3.05) is 6.61 Å². The first-order valence-electron chi connectivity index (χ1n) is 6.74. The molecule has 0 bridgehead atoms. The van der Waals surface area contributed by atoms with Gasteiger partial charge in [0.15, 0.2) is 6.61 Å². The first kappa shape index (κ1) is 16.5. The number of hydrogen-bond donors (Lipinski definition) is 1. The Morgan fingerprint density at radius 3 is 2.77 bits per heavy atom. The van der Waals surface area contributed by atoms with Crippen LogP contribution in [0.5, 0.6) is 5.75 Å². The molecule has 0 saturated heterocycles. The van der Waals surface area contributed by atoms with E-state index in [0.29, 0.717) is 15.8 Å². The molecule has 1 aromatic carbocycles. The standard InChI is InChI=1S/C16H17ClN2O2S/c1-10-4-5-11(2)13(8-10)21-9-16(20)19-18-12(3)14-6-7-15(17)22-14/h4-8H,9H2,1-3H3,(H,19,20)/b18-12-. The Morgan fingerprint density at radius 2 is 2.09 bits per heavy atom. The summed E-state index contributed by atoms with van der Waals surface area (Å²) in [6.07, 6.45) is 0. The van der Waals surface area contributed by atoms with Crippen LogP contribution in [0.3, 0.4) is 0 Å². The van der Waals surface area contributed by atoms with Gasteiger partial charge >= 0.3 is 0 Å². The molecule has 4 nitrogen and oxygen atoms in total. The molecule has 0 aliphatic carbocycles. The second-order valence-electron chi connectivity index (χ2n) is 4.89. The topological polar surface area (TPSA) is 50.7 Å². The van der Waals surface area contributed by atoms with Crippen LogP contribution in [0.1, 0.15) is 22.9 Å². The predicted octanol–water partition coefficient (Wildman–Crippen LogP) is 3.94. The van der Waals surface area contributed by atoms with E-state index in [1.54, 1.807) is 6.07 Å². The van der Waals surface area contributed by atoms with E-state index < -0.39 is 0 Å². The van der Waals surface area contributed by atoms with Crippen LogP contribution in [0.15, 0.2) is 35.4 Å². The van der Waals surface area contributed by atoms with Gasteiger partial charge in [-0.3, -0.25) is 4.79 Å². The quantitative estimate of drug-likeness (QED) is 0.664. The van der Waals surface area contributed by atoms with Crippen molar-refractivity contribution in [3.63, 3.8) is 0 Å². The minimum Gasteiger partial charge on any atom is -0.483 e. The lowest BCUT2D eigenvalue weighted by atomic mass is 10.1. The van der Waals surface area contributed by atoms with Gasteiger partial charge < -0.3 is 4.74 Å². The zero-order chi connectivity index (χ0) is 16.1. The van der Waals surface area contributed by atoms with Crippen molar-refractivity contribution < 1.29 is 9.53 Å². The number of benzene rings is 1. The third-order valence-electron chi connectivity index (χ3n) is 2.98. The molecule has 0 saturated carbocycles. The number of thiophene rings is 1. The maximum Gasteiger partial charge on any atom is 0.277 e. The molecule has 2 rings (SSSR count). The Bertz CT molecular complexity index is 710. The van der Waals surface area contributed by atoms with Gasteiger partial charge in [0.2, 0.25) is 0 Å². The summed E-state index contributed by atoms with van der Waals surface area (Å²) < 4.78 is 6.21. The number of hydrogen-bond acceptors (Lipinski definition) is 4. The summed E-state index contributed by atoms with van der Waals surface area (Å²) in [5.41, 5.74) is 5.27. The number of hydrazone groups is 1. The Morgan fingerprint density at radius 1 is 1.32 bits per heavy atom. The molecule has 0 aliphatic rings. The first-order valence-corrected chi connectivity index (χ1v) is 7.94. The maximum atomic E-state index is 11.8. The van der Waals surface area contributed by atoms with Crippen molar-refractivity contribution in [2.45, 2.75) is 20.8 Å². The zero-order valence-corrected chi connectivity index (χ0v) is 14.2. The van der Waals surface area contributed by atoms with Crippen molar-refractivity contribution >= 4 is 34.6 Å². The summed E-state index contributed by atoms with van der Waals surface area (Å²) in [4.78, 5) is 12.7.